The first-order valence-electron chi connectivity index (χ1n) is 3.95. The van der Waals surface area contributed by atoms with Gasteiger partial charge in [-0.3, -0.25) is 4.79 Å². The Morgan fingerprint density at radius 1 is 1.45 bits per heavy atom. The Bertz CT molecular complexity index is 266. The number of rotatable bonds is 2. The van der Waals surface area contributed by atoms with Crippen LogP contribution in [0.5, 0.6) is 5.75 Å². The normalized spacial score (nSPS) is 10.5. The predicted octanol–water partition coefficient (Wildman–Crippen LogP) is 1.90. The molecular weight excluding hydrogens is 140 g/mol. The molecule has 0 aliphatic carbocycles. The van der Waals surface area contributed by atoms with Crippen LogP contribution in [0.4, 0.5) is 0 Å². The van der Waals surface area contributed by atoms with Crippen LogP contribution >= 0.6 is 0 Å². The topological polar surface area (TPSA) is 26.3 Å². The molecule has 0 aliphatic rings. The smallest absolute Gasteiger partial charge is 0.159 e. The van der Waals surface area contributed by atoms with E-state index in [1.54, 1.807) is 31.4 Å². The maximum absolute atomic E-state index is 11.0. The van der Waals surface area contributed by atoms with Crippen molar-refractivity contribution in [3.05, 3.63) is 29.8 Å². The first kappa shape index (κ1) is 6.40. The first-order valence-corrected chi connectivity index (χ1v) is 3.24. The van der Waals surface area contributed by atoms with E-state index in [1.807, 2.05) is 0 Å². The molecule has 0 unspecified atom stereocenters. The van der Waals surface area contributed by atoms with Gasteiger partial charge in [-0.15, -0.1) is 0 Å². The molecule has 1 aromatic rings. The van der Waals surface area contributed by atoms with Crippen LogP contribution in [0.3, 0.4) is 0 Å². The van der Waals surface area contributed by atoms with E-state index in [9.17, 15) is 4.79 Å². The largest absolute Gasteiger partial charge is 0.497 e. The van der Waals surface area contributed by atoms with E-state index >= 15 is 0 Å². The fourth-order valence-corrected chi connectivity index (χ4v) is 0.777. The zero-order chi connectivity index (χ0) is 8.97. The standard InChI is InChI=1S/C9H10O2/c1-7(10)8-3-5-9(11-2)6-4-8/h3-6H,1-2H3/i1D. The third-order valence-electron chi connectivity index (χ3n) is 1.41. The molecule has 1 rings (SSSR count). The van der Waals surface area contributed by atoms with Crippen LogP contribution < -0.4 is 4.74 Å². The van der Waals surface area contributed by atoms with Gasteiger partial charge in [0.1, 0.15) is 5.75 Å². The van der Waals surface area contributed by atoms with Crippen LogP contribution in [0.2, 0.25) is 0 Å². The Hall–Kier alpha value is -1.31. The number of ketones is 1. The molecule has 0 bridgehead atoms. The van der Waals surface area contributed by atoms with Gasteiger partial charge in [-0.1, -0.05) is 0 Å². The van der Waals surface area contributed by atoms with Crippen molar-refractivity contribution in [1.29, 1.82) is 0 Å². The molecule has 0 spiro atoms. The van der Waals surface area contributed by atoms with Gasteiger partial charge in [0.2, 0.25) is 0 Å². The van der Waals surface area contributed by atoms with Crippen LogP contribution in [0, 0.1) is 0 Å². The number of Topliss-reactive ketones (excluding diaryl/α,β-unsaturated/α-hetero) is 1. The summed E-state index contributed by atoms with van der Waals surface area (Å²) in [7, 11) is 1.57. The van der Waals surface area contributed by atoms with E-state index in [4.69, 9.17) is 6.11 Å². The van der Waals surface area contributed by atoms with Gasteiger partial charge in [0, 0.05) is 6.93 Å². The first-order chi connectivity index (χ1) is 5.77. The average Bonchev–Trinajstić information content (AvgIpc) is 2.17. The monoisotopic (exact) mass is 151 g/mol. The molecule has 0 aromatic heterocycles. The zero-order valence-electron chi connectivity index (χ0n) is 7.33. The van der Waals surface area contributed by atoms with Gasteiger partial charge < -0.3 is 4.74 Å². The number of methoxy groups -OCH3 is 1. The minimum absolute atomic E-state index is 0.169. The third kappa shape index (κ3) is 1.80. The molecule has 0 saturated heterocycles. The lowest BCUT2D eigenvalue weighted by atomic mass is 10.1. The van der Waals surface area contributed by atoms with Crippen LogP contribution in [0.1, 0.15) is 18.6 Å². The van der Waals surface area contributed by atoms with Crippen molar-refractivity contribution < 1.29 is 10.9 Å². The number of hydrogen-bond acceptors (Lipinski definition) is 2. The minimum atomic E-state index is -0.202. The van der Waals surface area contributed by atoms with E-state index in [0.29, 0.717) is 5.56 Å². The van der Waals surface area contributed by atoms with Gasteiger partial charge in [0.25, 0.3) is 0 Å². The highest BCUT2D eigenvalue weighted by Gasteiger charge is 1.97. The fraction of sp³-hybridized carbons (Fsp3) is 0.222. The number of carbonyl (C=O) groups is 1. The van der Waals surface area contributed by atoms with Gasteiger partial charge in [-0.2, -0.15) is 0 Å². The Kier molecular flexibility index (Phi) is 1.86. The lowest BCUT2D eigenvalue weighted by Crippen LogP contribution is -1.91. The molecule has 0 amide bonds. The molecule has 0 saturated carbocycles. The van der Waals surface area contributed by atoms with Gasteiger partial charge in [-0.25, -0.2) is 0 Å². The van der Waals surface area contributed by atoms with E-state index in [1.165, 1.54) is 0 Å². The average molecular weight is 151 g/mol. The number of ether oxygens (including phenoxy) is 1. The molecule has 0 aliphatic heterocycles. The van der Waals surface area contributed by atoms with Crippen LogP contribution in [0.25, 0.3) is 0 Å². The minimum Gasteiger partial charge on any atom is -0.497 e. The van der Waals surface area contributed by atoms with Crippen molar-refractivity contribution in [2.75, 3.05) is 7.11 Å². The molecule has 0 N–H and O–H groups in total. The summed E-state index contributed by atoms with van der Waals surface area (Å²) in [6.07, 6.45) is 0. The second kappa shape index (κ2) is 3.19. The number of carbonyl (C=O) groups excluding carboxylic acids is 1. The van der Waals surface area contributed by atoms with Crippen molar-refractivity contribution in [3.8, 4) is 5.75 Å². The second-order valence-corrected chi connectivity index (χ2v) is 2.15. The summed E-state index contributed by atoms with van der Waals surface area (Å²) < 4.78 is 11.8. The molecule has 0 heterocycles. The maximum Gasteiger partial charge on any atom is 0.159 e. The maximum atomic E-state index is 11.0. The molecule has 11 heavy (non-hydrogen) atoms. The van der Waals surface area contributed by atoms with Gasteiger partial charge in [-0.05, 0) is 31.2 Å². The van der Waals surface area contributed by atoms with Crippen LogP contribution in [0.15, 0.2) is 24.3 Å². The third-order valence-corrected chi connectivity index (χ3v) is 1.41. The van der Waals surface area contributed by atoms with E-state index in [-0.39, 0.29) is 12.7 Å². The highest BCUT2D eigenvalue weighted by Crippen LogP contribution is 2.11. The van der Waals surface area contributed by atoms with Crippen molar-refractivity contribution in [1.82, 2.24) is 0 Å². The van der Waals surface area contributed by atoms with E-state index < -0.39 is 0 Å². The lowest BCUT2D eigenvalue weighted by molar-refractivity contribution is 0.101. The van der Waals surface area contributed by atoms with Crippen molar-refractivity contribution in [3.63, 3.8) is 0 Å². The Morgan fingerprint density at radius 3 is 2.55 bits per heavy atom. The lowest BCUT2D eigenvalue weighted by Gasteiger charge is -1.98. The Labute approximate surface area is 67.2 Å². The summed E-state index contributed by atoms with van der Waals surface area (Å²) >= 11 is 0. The number of hydrogen-bond donors (Lipinski definition) is 0. The van der Waals surface area contributed by atoms with Crippen molar-refractivity contribution in [2.45, 2.75) is 6.90 Å². The van der Waals surface area contributed by atoms with Gasteiger partial charge in [0.15, 0.2) is 5.78 Å². The molecule has 1 aromatic carbocycles. The molecule has 0 atom stereocenters. The molecule has 0 radical (unpaired) electrons. The van der Waals surface area contributed by atoms with Gasteiger partial charge in [0.05, 0.1) is 7.11 Å². The SMILES string of the molecule is [2H]CC(=O)c1ccc(OC)cc1. The highest BCUT2D eigenvalue weighted by atomic mass is 16.5. The van der Waals surface area contributed by atoms with Crippen molar-refractivity contribution >= 4 is 5.78 Å². The quantitative estimate of drug-likeness (QED) is 0.603. The summed E-state index contributed by atoms with van der Waals surface area (Å²) in [6, 6.07) is 6.75. The van der Waals surface area contributed by atoms with E-state index in [2.05, 4.69) is 0 Å². The summed E-state index contributed by atoms with van der Waals surface area (Å²) in [5.74, 6) is 0.550. The molecule has 2 heteroatoms. The number of benzene rings is 1. The van der Waals surface area contributed by atoms with Crippen molar-refractivity contribution in [2.24, 2.45) is 0 Å². The molecule has 2 nitrogen and oxygen atoms in total. The van der Waals surface area contributed by atoms with Gasteiger partial charge >= 0.3 is 0 Å². The summed E-state index contributed by atoms with van der Waals surface area (Å²) in [5, 5.41) is 0. The molecule has 0 fully saturated rings. The highest BCUT2D eigenvalue weighted by molar-refractivity contribution is 5.94. The Morgan fingerprint density at radius 2 is 2.09 bits per heavy atom. The van der Waals surface area contributed by atoms with Crippen LogP contribution in [-0.2, 0) is 0 Å². The van der Waals surface area contributed by atoms with E-state index in [0.717, 1.165) is 5.75 Å². The summed E-state index contributed by atoms with van der Waals surface area (Å²) in [4.78, 5) is 11.0. The second-order valence-electron chi connectivity index (χ2n) is 2.15. The Balaban J connectivity index is 2.84. The van der Waals surface area contributed by atoms with Crippen LogP contribution in [-0.4, -0.2) is 12.9 Å². The summed E-state index contributed by atoms with van der Waals surface area (Å²) in [5.41, 5.74) is 0.561. The summed E-state index contributed by atoms with van der Waals surface area (Å²) in [6.45, 7) is -0.202. The zero-order valence-corrected chi connectivity index (χ0v) is 6.33. The molecule has 58 valence electrons. The fourth-order valence-electron chi connectivity index (χ4n) is 0.777. The molecular formula is C9H10O2. The predicted molar refractivity (Wildman–Crippen MR) is 43.0 cm³/mol.